The molecule has 0 saturated carbocycles. The standard InChI is InChI=1S/C21H28FN3O2/c1-4-23-21(24-13-11-16-5-8-18(22)9-6-16)25-14-12-17-7-10-19(26-2)20(15-17)27-3/h5-10,15H,4,11-14H2,1-3H3,(H2,23,24,25). The van der Waals surface area contributed by atoms with Gasteiger partial charge in [-0.2, -0.15) is 0 Å². The minimum atomic E-state index is -0.215. The van der Waals surface area contributed by atoms with Crippen molar-refractivity contribution in [1.82, 2.24) is 10.6 Å². The Bertz CT molecular complexity index is 733. The van der Waals surface area contributed by atoms with Gasteiger partial charge in [0.05, 0.1) is 14.2 Å². The lowest BCUT2D eigenvalue weighted by Crippen LogP contribution is -2.38. The lowest BCUT2D eigenvalue weighted by Gasteiger charge is -2.12. The highest BCUT2D eigenvalue weighted by molar-refractivity contribution is 5.79. The van der Waals surface area contributed by atoms with Crippen molar-refractivity contribution in [3.05, 3.63) is 59.4 Å². The maximum absolute atomic E-state index is 12.9. The average molecular weight is 373 g/mol. The Kier molecular flexibility index (Phi) is 8.42. The molecule has 0 heterocycles. The summed E-state index contributed by atoms with van der Waals surface area (Å²) in [4.78, 5) is 4.58. The van der Waals surface area contributed by atoms with E-state index < -0.39 is 0 Å². The van der Waals surface area contributed by atoms with Crippen LogP contribution in [0.2, 0.25) is 0 Å². The van der Waals surface area contributed by atoms with Crippen molar-refractivity contribution >= 4 is 5.96 Å². The van der Waals surface area contributed by atoms with Gasteiger partial charge < -0.3 is 20.1 Å². The molecule has 0 spiro atoms. The van der Waals surface area contributed by atoms with Crippen molar-refractivity contribution < 1.29 is 13.9 Å². The number of hydrogen-bond donors (Lipinski definition) is 2. The topological polar surface area (TPSA) is 54.9 Å². The van der Waals surface area contributed by atoms with Crippen LogP contribution in [0.25, 0.3) is 0 Å². The zero-order valence-electron chi connectivity index (χ0n) is 16.2. The first-order chi connectivity index (χ1) is 13.2. The van der Waals surface area contributed by atoms with Gasteiger partial charge in [0.2, 0.25) is 0 Å². The summed E-state index contributed by atoms with van der Waals surface area (Å²) in [5.74, 6) is 2.02. The molecule has 6 heteroatoms. The average Bonchev–Trinajstić information content (AvgIpc) is 2.69. The summed E-state index contributed by atoms with van der Waals surface area (Å²) in [6.07, 6.45) is 1.61. The highest BCUT2D eigenvalue weighted by Crippen LogP contribution is 2.27. The van der Waals surface area contributed by atoms with E-state index in [0.717, 1.165) is 54.5 Å². The van der Waals surface area contributed by atoms with E-state index in [1.54, 1.807) is 26.4 Å². The zero-order valence-corrected chi connectivity index (χ0v) is 16.2. The fourth-order valence-corrected chi connectivity index (χ4v) is 2.65. The molecule has 2 aromatic rings. The van der Waals surface area contributed by atoms with Gasteiger partial charge in [-0.05, 0) is 55.2 Å². The van der Waals surface area contributed by atoms with E-state index >= 15 is 0 Å². The third-order valence-corrected chi connectivity index (χ3v) is 4.08. The highest BCUT2D eigenvalue weighted by atomic mass is 19.1. The third-order valence-electron chi connectivity index (χ3n) is 4.08. The van der Waals surface area contributed by atoms with Crippen LogP contribution < -0.4 is 20.1 Å². The quantitative estimate of drug-likeness (QED) is 0.524. The summed E-state index contributed by atoms with van der Waals surface area (Å²) in [6.45, 7) is 4.21. The molecule has 0 radical (unpaired) electrons. The van der Waals surface area contributed by atoms with E-state index in [-0.39, 0.29) is 5.82 Å². The molecule has 0 aromatic heterocycles. The molecule has 0 atom stereocenters. The molecule has 2 N–H and O–H groups in total. The van der Waals surface area contributed by atoms with Crippen LogP contribution in [0.1, 0.15) is 18.1 Å². The van der Waals surface area contributed by atoms with Crippen molar-refractivity contribution in [3.63, 3.8) is 0 Å². The first kappa shape index (κ1) is 20.6. The molecule has 0 fully saturated rings. The van der Waals surface area contributed by atoms with Crippen LogP contribution in [-0.4, -0.2) is 39.8 Å². The molecule has 27 heavy (non-hydrogen) atoms. The van der Waals surface area contributed by atoms with Gasteiger partial charge in [0, 0.05) is 19.6 Å². The van der Waals surface area contributed by atoms with Crippen LogP contribution in [0.5, 0.6) is 11.5 Å². The lowest BCUT2D eigenvalue weighted by atomic mass is 10.1. The smallest absolute Gasteiger partial charge is 0.191 e. The van der Waals surface area contributed by atoms with E-state index in [2.05, 4.69) is 15.6 Å². The number of aliphatic imine (C=N–C) groups is 1. The molecule has 0 aliphatic heterocycles. The number of rotatable bonds is 9. The van der Waals surface area contributed by atoms with Crippen LogP contribution in [0.3, 0.4) is 0 Å². The Balaban J connectivity index is 1.85. The first-order valence-electron chi connectivity index (χ1n) is 9.13. The predicted octanol–water partition coefficient (Wildman–Crippen LogP) is 3.18. The molecule has 5 nitrogen and oxygen atoms in total. The fourth-order valence-electron chi connectivity index (χ4n) is 2.65. The van der Waals surface area contributed by atoms with E-state index in [4.69, 9.17) is 9.47 Å². The van der Waals surface area contributed by atoms with Crippen LogP contribution in [-0.2, 0) is 12.8 Å². The number of halogens is 1. The van der Waals surface area contributed by atoms with Crippen LogP contribution >= 0.6 is 0 Å². The number of hydrogen-bond acceptors (Lipinski definition) is 3. The van der Waals surface area contributed by atoms with Crippen LogP contribution in [0.15, 0.2) is 47.5 Å². The van der Waals surface area contributed by atoms with E-state index in [1.165, 1.54) is 12.1 Å². The molecule has 0 unspecified atom stereocenters. The molecule has 0 amide bonds. The minimum absolute atomic E-state index is 0.215. The number of methoxy groups -OCH3 is 2. The summed E-state index contributed by atoms with van der Waals surface area (Å²) in [5.41, 5.74) is 2.23. The van der Waals surface area contributed by atoms with Crippen molar-refractivity contribution in [1.29, 1.82) is 0 Å². The van der Waals surface area contributed by atoms with Crippen molar-refractivity contribution in [2.75, 3.05) is 33.9 Å². The summed E-state index contributed by atoms with van der Waals surface area (Å²) in [6, 6.07) is 12.5. The Morgan fingerprint density at radius 1 is 0.926 bits per heavy atom. The molecule has 0 bridgehead atoms. The van der Waals surface area contributed by atoms with E-state index in [1.807, 2.05) is 25.1 Å². The Hall–Kier alpha value is -2.76. The van der Waals surface area contributed by atoms with Gasteiger partial charge >= 0.3 is 0 Å². The van der Waals surface area contributed by atoms with Crippen LogP contribution in [0.4, 0.5) is 4.39 Å². The second-order valence-corrected chi connectivity index (χ2v) is 6.00. The highest BCUT2D eigenvalue weighted by Gasteiger charge is 2.05. The molecule has 0 aliphatic rings. The maximum atomic E-state index is 12.9. The SMILES string of the molecule is CCNC(=NCCc1ccc(F)cc1)NCCc1ccc(OC)c(OC)c1. The number of nitrogens with zero attached hydrogens (tertiary/aromatic N) is 1. The monoisotopic (exact) mass is 373 g/mol. The molecular weight excluding hydrogens is 345 g/mol. The molecule has 0 saturated heterocycles. The summed E-state index contributed by atoms with van der Waals surface area (Å²) >= 11 is 0. The number of ether oxygens (including phenoxy) is 2. The van der Waals surface area contributed by atoms with Gasteiger partial charge in [-0.3, -0.25) is 4.99 Å². The number of nitrogens with one attached hydrogen (secondary N) is 2. The van der Waals surface area contributed by atoms with Gasteiger partial charge in [0.1, 0.15) is 5.82 Å². The molecule has 2 aromatic carbocycles. The minimum Gasteiger partial charge on any atom is -0.493 e. The van der Waals surface area contributed by atoms with E-state index in [0.29, 0.717) is 6.54 Å². The maximum Gasteiger partial charge on any atom is 0.191 e. The Morgan fingerprint density at radius 2 is 1.63 bits per heavy atom. The van der Waals surface area contributed by atoms with Gasteiger partial charge in [-0.25, -0.2) is 4.39 Å². The van der Waals surface area contributed by atoms with Crippen LogP contribution in [0, 0.1) is 5.82 Å². The third kappa shape index (κ3) is 6.81. The lowest BCUT2D eigenvalue weighted by molar-refractivity contribution is 0.354. The van der Waals surface area contributed by atoms with E-state index in [9.17, 15) is 4.39 Å². The second-order valence-electron chi connectivity index (χ2n) is 6.00. The van der Waals surface area contributed by atoms with Crippen molar-refractivity contribution in [2.45, 2.75) is 19.8 Å². The second kappa shape index (κ2) is 11.1. The van der Waals surface area contributed by atoms with Crippen molar-refractivity contribution in [2.24, 2.45) is 4.99 Å². The Labute approximate surface area is 160 Å². The molecular formula is C21H28FN3O2. The summed E-state index contributed by atoms with van der Waals surface area (Å²) in [5, 5.41) is 6.58. The van der Waals surface area contributed by atoms with Crippen molar-refractivity contribution in [3.8, 4) is 11.5 Å². The van der Waals surface area contributed by atoms with Gasteiger partial charge in [0.25, 0.3) is 0 Å². The van der Waals surface area contributed by atoms with Gasteiger partial charge in [-0.15, -0.1) is 0 Å². The number of guanidine groups is 1. The first-order valence-corrected chi connectivity index (χ1v) is 9.13. The predicted molar refractivity (Wildman–Crippen MR) is 107 cm³/mol. The summed E-state index contributed by atoms with van der Waals surface area (Å²) in [7, 11) is 3.26. The molecule has 146 valence electrons. The molecule has 0 aliphatic carbocycles. The molecule has 2 rings (SSSR count). The summed E-state index contributed by atoms with van der Waals surface area (Å²) < 4.78 is 23.5. The van der Waals surface area contributed by atoms with Gasteiger partial charge in [-0.1, -0.05) is 18.2 Å². The number of benzene rings is 2. The Morgan fingerprint density at radius 3 is 2.30 bits per heavy atom. The normalized spacial score (nSPS) is 11.2. The largest absolute Gasteiger partial charge is 0.493 e. The van der Waals surface area contributed by atoms with Gasteiger partial charge in [0.15, 0.2) is 17.5 Å². The fraction of sp³-hybridized carbons (Fsp3) is 0.381. The zero-order chi connectivity index (χ0) is 19.5.